The van der Waals surface area contributed by atoms with Crippen molar-refractivity contribution >= 4 is 11.0 Å². The van der Waals surface area contributed by atoms with E-state index in [2.05, 4.69) is 35.5 Å². The van der Waals surface area contributed by atoms with E-state index in [0.717, 1.165) is 30.5 Å². The molecule has 2 aromatic rings. The largest absolute Gasteiger partial charge is 0.459 e. The first-order chi connectivity index (χ1) is 8.79. The average molecular weight is 244 g/mol. The Morgan fingerprint density at radius 3 is 2.83 bits per heavy atom. The van der Waals surface area contributed by atoms with Gasteiger partial charge in [0.25, 0.3) is 0 Å². The van der Waals surface area contributed by atoms with Gasteiger partial charge >= 0.3 is 0 Å². The van der Waals surface area contributed by atoms with Gasteiger partial charge in [0.2, 0.25) is 0 Å². The Labute approximate surface area is 108 Å². The molecule has 1 saturated carbocycles. The highest BCUT2D eigenvalue weighted by atomic mass is 16.3. The minimum Gasteiger partial charge on any atom is -0.459 e. The molecule has 1 aliphatic carbocycles. The van der Waals surface area contributed by atoms with Crippen LogP contribution in [0, 0.1) is 0 Å². The van der Waals surface area contributed by atoms with Gasteiger partial charge in [-0.2, -0.15) is 0 Å². The fourth-order valence-corrected chi connectivity index (χ4v) is 2.52. The normalized spacial score (nSPS) is 15.7. The molecule has 0 unspecified atom stereocenters. The third-order valence-electron chi connectivity index (χ3n) is 3.70. The van der Waals surface area contributed by atoms with Crippen LogP contribution in [0.3, 0.4) is 0 Å². The molecule has 3 nitrogen and oxygen atoms in total. The van der Waals surface area contributed by atoms with Crippen LogP contribution in [0.5, 0.6) is 0 Å². The lowest BCUT2D eigenvalue weighted by Crippen LogP contribution is -2.20. The van der Waals surface area contributed by atoms with Crippen molar-refractivity contribution in [2.45, 2.75) is 32.0 Å². The van der Waals surface area contributed by atoms with Crippen molar-refractivity contribution in [3.05, 3.63) is 35.6 Å². The molecule has 0 spiro atoms. The molecule has 3 rings (SSSR count). The number of para-hydroxylation sites is 1. The van der Waals surface area contributed by atoms with Crippen molar-refractivity contribution < 1.29 is 4.42 Å². The number of fused-ring (bicyclic) bond motifs is 1. The topological polar surface area (TPSA) is 28.4 Å². The predicted octanol–water partition coefficient (Wildman–Crippen LogP) is 2.75. The Hall–Kier alpha value is -1.32. The summed E-state index contributed by atoms with van der Waals surface area (Å²) in [6, 6.07) is 9.07. The SMILES string of the molecule is CNCc1c(CN(C)C2CC2)oc2ccccc12. The molecule has 0 radical (unpaired) electrons. The highest BCUT2D eigenvalue weighted by Crippen LogP contribution is 2.30. The number of rotatable bonds is 5. The molecular formula is C15H20N2O. The standard InChI is InChI=1S/C15H20N2O/c1-16-9-13-12-5-3-4-6-14(12)18-15(13)10-17(2)11-7-8-11/h3-6,11,16H,7-10H2,1-2H3. The summed E-state index contributed by atoms with van der Waals surface area (Å²) in [4.78, 5) is 2.40. The van der Waals surface area contributed by atoms with Crippen molar-refractivity contribution in [3.8, 4) is 0 Å². The summed E-state index contributed by atoms with van der Waals surface area (Å²) in [5.41, 5.74) is 2.31. The van der Waals surface area contributed by atoms with Crippen LogP contribution in [-0.4, -0.2) is 25.0 Å². The van der Waals surface area contributed by atoms with Gasteiger partial charge in [0.1, 0.15) is 11.3 Å². The Morgan fingerprint density at radius 2 is 2.11 bits per heavy atom. The second kappa shape index (κ2) is 4.75. The summed E-state index contributed by atoms with van der Waals surface area (Å²) in [5, 5.41) is 4.48. The van der Waals surface area contributed by atoms with Crippen LogP contribution in [0.1, 0.15) is 24.2 Å². The number of nitrogens with one attached hydrogen (secondary N) is 1. The van der Waals surface area contributed by atoms with E-state index >= 15 is 0 Å². The zero-order valence-corrected chi connectivity index (χ0v) is 11.1. The molecule has 1 aromatic carbocycles. The molecular weight excluding hydrogens is 224 g/mol. The van der Waals surface area contributed by atoms with Crippen molar-refractivity contribution in [1.82, 2.24) is 10.2 Å². The summed E-state index contributed by atoms with van der Waals surface area (Å²) in [6.45, 7) is 1.78. The highest BCUT2D eigenvalue weighted by Gasteiger charge is 2.27. The van der Waals surface area contributed by atoms with Gasteiger partial charge in [0, 0.05) is 23.5 Å². The van der Waals surface area contributed by atoms with Gasteiger partial charge in [-0.3, -0.25) is 4.90 Å². The molecule has 3 heteroatoms. The van der Waals surface area contributed by atoms with Gasteiger partial charge < -0.3 is 9.73 Å². The summed E-state index contributed by atoms with van der Waals surface area (Å²) >= 11 is 0. The van der Waals surface area contributed by atoms with Crippen molar-refractivity contribution in [2.24, 2.45) is 0 Å². The molecule has 0 amide bonds. The molecule has 1 heterocycles. The Morgan fingerprint density at radius 1 is 1.33 bits per heavy atom. The van der Waals surface area contributed by atoms with Gasteiger partial charge in [0.15, 0.2) is 0 Å². The predicted molar refractivity (Wildman–Crippen MR) is 73.5 cm³/mol. The molecule has 18 heavy (non-hydrogen) atoms. The molecule has 96 valence electrons. The number of benzene rings is 1. The Kier molecular flexibility index (Phi) is 3.10. The van der Waals surface area contributed by atoms with Crippen molar-refractivity contribution in [1.29, 1.82) is 0 Å². The smallest absolute Gasteiger partial charge is 0.134 e. The monoisotopic (exact) mass is 244 g/mol. The molecule has 1 fully saturated rings. The zero-order valence-electron chi connectivity index (χ0n) is 11.1. The van der Waals surface area contributed by atoms with E-state index in [9.17, 15) is 0 Å². The summed E-state index contributed by atoms with van der Waals surface area (Å²) in [6.07, 6.45) is 2.66. The van der Waals surface area contributed by atoms with Crippen LogP contribution in [0.2, 0.25) is 0 Å². The van der Waals surface area contributed by atoms with Gasteiger partial charge in [-0.05, 0) is 33.0 Å². The van der Waals surface area contributed by atoms with E-state index in [0.29, 0.717) is 0 Å². The average Bonchev–Trinajstić information content (AvgIpc) is 3.16. The van der Waals surface area contributed by atoms with E-state index in [-0.39, 0.29) is 0 Å². The first-order valence-electron chi connectivity index (χ1n) is 6.63. The lowest BCUT2D eigenvalue weighted by molar-refractivity contribution is 0.288. The van der Waals surface area contributed by atoms with Crippen LogP contribution >= 0.6 is 0 Å². The van der Waals surface area contributed by atoms with E-state index in [1.165, 1.54) is 23.8 Å². The zero-order chi connectivity index (χ0) is 12.5. The van der Waals surface area contributed by atoms with Crippen molar-refractivity contribution in [2.75, 3.05) is 14.1 Å². The minimum atomic E-state index is 0.764. The second-order valence-corrected chi connectivity index (χ2v) is 5.18. The lowest BCUT2D eigenvalue weighted by atomic mass is 10.1. The third-order valence-corrected chi connectivity index (χ3v) is 3.70. The fraction of sp³-hybridized carbons (Fsp3) is 0.467. The molecule has 0 saturated heterocycles. The Bertz CT molecular complexity index is 542. The molecule has 0 aliphatic heterocycles. The summed E-state index contributed by atoms with van der Waals surface area (Å²) in [5.74, 6) is 1.11. The van der Waals surface area contributed by atoms with Gasteiger partial charge in [-0.15, -0.1) is 0 Å². The van der Waals surface area contributed by atoms with Gasteiger partial charge in [-0.1, -0.05) is 18.2 Å². The minimum absolute atomic E-state index is 0.764. The fourth-order valence-electron chi connectivity index (χ4n) is 2.52. The maximum absolute atomic E-state index is 6.02. The maximum atomic E-state index is 6.02. The van der Waals surface area contributed by atoms with Crippen LogP contribution in [0.25, 0.3) is 11.0 Å². The van der Waals surface area contributed by atoms with Gasteiger partial charge in [-0.25, -0.2) is 0 Å². The van der Waals surface area contributed by atoms with E-state index in [1.54, 1.807) is 0 Å². The first kappa shape index (κ1) is 11.8. The van der Waals surface area contributed by atoms with Crippen LogP contribution in [-0.2, 0) is 13.1 Å². The second-order valence-electron chi connectivity index (χ2n) is 5.18. The van der Waals surface area contributed by atoms with Crippen LogP contribution < -0.4 is 5.32 Å². The molecule has 1 aliphatic rings. The highest BCUT2D eigenvalue weighted by molar-refractivity contribution is 5.82. The summed E-state index contributed by atoms with van der Waals surface area (Å²) < 4.78 is 6.02. The lowest BCUT2D eigenvalue weighted by Gasteiger charge is -2.14. The number of hydrogen-bond acceptors (Lipinski definition) is 3. The Balaban J connectivity index is 1.95. The molecule has 0 bridgehead atoms. The van der Waals surface area contributed by atoms with Gasteiger partial charge in [0.05, 0.1) is 6.54 Å². The first-order valence-corrected chi connectivity index (χ1v) is 6.63. The molecule has 1 N–H and O–H groups in total. The third kappa shape index (κ3) is 2.16. The van der Waals surface area contributed by atoms with E-state index < -0.39 is 0 Å². The number of hydrogen-bond donors (Lipinski definition) is 1. The molecule has 1 aromatic heterocycles. The van der Waals surface area contributed by atoms with Crippen molar-refractivity contribution in [3.63, 3.8) is 0 Å². The number of furan rings is 1. The van der Waals surface area contributed by atoms with E-state index in [1.807, 2.05) is 13.1 Å². The maximum Gasteiger partial charge on any atom is 0.134 e. The van der Waals surface area contributed by atoms with Crippen LogP contribution in [0.4, 0.5) is 0 Å². The molecule has 0 atom stereocenters. The quantitative estimate of drug-likeness (QED) is 0.876. The number of nitrogens with zero attached hydrogens (tertiary/aromatic N) is 1. The van der Waals surface area contributed by atoms with Crippen LogP contribution in [0.15, 0.2) is 28.7 Å². The van der Waals surface area contributed by atoms with E-state index in [4.69, 9.17) is 4.42 Å². The summed E-state index contributed by atoms with van der Waals surface area (Å²) in [7, 11) is 4.17.